The fourth-order valence-electron chi connectivity index (χ4n) is 4.02. The zero-order valence-electron chi connectivity index (χ0n) is 14.9. The first kappa shape index (κ1) is 16.7. The van der Waals surface area contributed by atoms with Crippen LogP contribution in [0.3, 0.4) is 0 Å². The first-order valence-electron chi connectivity index (χ1n) is 9.13. The Balaban J connectivity index is 1.28. The second kappa shape index (κ2) is 7.24. The second-order valence-electron chi connectivity index (χ2n) is 7.34. The molecule has 4 nitrogen and oxygen atoms in total. The molecule has 0 unspecified atom stereocenters. The average Bonchev–Trinajstić information content (AvgIpc) is 3.01. The number of nitrogens with zero attached hydrogens (tertiary/aromatic N) is 2. The van der Waals surface area contributed by atoms with Crippen molar-refractivity contribution in [3.05, 3.63) is 65.5 Å². The smallest absolute Gasteiger partial charge is 0.0985 e. The summed E-state index contributed by atoms with van der Waals surface area (Å²) in [7, 11) is 0. The number of hydrogen-bond donors (Lipinski definition) is 0. The summed E-state index contributed by atoms with van der Waals surface area (Å²) >= 11 is 0. The van der Waals surface area contributed by atoms with Gasteiger partial charge in [0.25, 0.3) is 0 Å². The van der Waals surface area contributed by atoms with E-state index in [4.69, 9.17) is 9.47 Å². The van der Waals surface area contributed by atoms with E-state index in [1.165, 1.54) is 16.7 Å². The van der Waals surface area contributed by atoms with Crippen molar-refractivity contribution in [3.8, 4) is 0 Å². The van der Waals surface area contributed by atoms with E-state index in [0.717, 1.165) is 39.3 Å². The highest BCUT2D eigenvalue weighted by Gasteiger charge is 2.52. The summed E-state index contributed by atoms with van der Waals surface area (Å²) in [6.07, 6.45) is 4.73. The lowest BCUT2D eigenvalue weighted by atomic mass is 9.81. The van der Waals surface area contributed by atoms with E-state index >= 15 is 0 Å². The Bertz CT molecular complexity index is 698. The molecule has 2 aromatic rings. The predicted octanol–water partition coefficient (Wildman–Crippen LogP) is 3.20. The molecule has 132 valence electrons. The third-order valence-corrected chi connectivity index (χ3v) is 5.57. The normalized spacial score (nSPS) is 22.2. The number of rotatable bonds is 6. The van der Waals surface area contributed by atoms with E-state index in [2.05, 4.69) is 41.1 Å². The Hall–Kier alpha value is -1.75. The SMILES string of the molecule is Cc1ccccc1CN1CC2(C1)OCC[C@@H]2COCc1ccncc1. The maximum absolute atomic E-state index is 6.16. The van der Waals surface area contributed by atoms with Gasteiger partial charge in [0.2, 0.25) is 0 Å². The molecule has 0 N–H and O–H groups in total. The summed E-state index contributed by atoms with van der Waals surface area (Å²) in [6, 6.07) is 12.7. The molecule has 25 heavy (non-hydrogen) atoms. The molecule has 2 aliphatic heterocycles. The molecule has 0 bridgehead atoms. The van der Waals surface area contributed by atoms with Crippen molar-refractivity contribution in [3.63, 3.8) is 0 Å². The fourth-order valence-corrected chi connectivity index (χ4v) is 4.02. The maximum atomic E-state index is 6.16. The number of aromatic nitrogens is 1. The van der Waals surface area contributed by atoms with Crippen molar-refractivity contribution in [2.45, 2.75) is 32.1 Å². The number of ether oxygens (including phenoxy) is 2. The molecule has 4 rings (SSSR count). The van der Waals surface area contributed by atoms with Gasteiger partial charge in [0.1, 0.15) is 0 Å². The quantitative estimate of drug-likeness (QED) is 0.810. The van der Waals surface area contributed by atoms with Crippen LogP contribution >= 0.6 is 0 Å². The summed E-state index contributed by atoms with van der Waals surface area (Å²) in [5.41, 5.74) is 3.98. The Morgan fingerprint density at radius 3 is 2.80 bits per heavy atom. The largest absolute Gasteiger partial charge is 0.376 e. The lowest BCUT2D eigenvalue weighted by molar-refractivity contribution is -0.146. The minimum Gasteiger partial charge on any atom is -0.376 e. The van der Waals surface area contributed by atoms with Crippen LogP contribution in [0.1, 0.15) is 23.1 Å². The van der Waals surface area contributed by atoms with Gasteiger partial charge in [-0.1, -0.05) is 24.3 Å². The summed E-state index contributed by atoms with van der Waals surface area (Å²) in [5, 5.41) is 0. The molecule has 4 heteroatoms. The van der Waals surface area contributed by atoms with Crippen LogP contribution in [0.15, 0.2) is 48.8 Å². The zero-order valence-corrected chi connectivity index (χ0v) is 14.9. The highest BCUT2D eigenvalue weighted by Crippen LogP contribution is 2.40. The third-order valence-electron chi connectivity index (χ3n) is 5.57. The molecule has 1 aromatic carbocycles. The molecule has 3 heterocycles. The average molecular weight is 338 g/mol. The van der Waals surface area contributed by atoms with Crippen LogP contribution in [0.2, 0.25) is 0 Å². The Kier molecular flexibility index (Phi) is 4.84. The van der Waals surface area contributed by atoms with E-state index < -0.39 is 0 Å². The molecule has 0 amide bonds. The van der Waals surface area contributed by atoms with Gasteiger partial charge in [0.05, 0.1) is 18.8 Å². The number of hydrogen-bond acceptors (Lipinski definition) is 4. The van der Waals surface area contributed by atoms with Crippen molar-refractivity contribution in [2.24, 2.45) is 5.92 Å². The Morgan fingerprint density at radius 1 is 1.20 bits per heavy atom. The van der Waals surface area contributed by atoms with E-state index in [1.54, 1.807) is 0 Å². The number of likely N-dealkylation sites (tertiary alicyclic amines) is 1. The van der Waals surface area contributed by atoms with Crippen molar-refractivity contribution in [1.82, 2.24) is 9.88 Å². The van der Waals surface area contributed by atoms with Gasteiger partial charge in [-0.2, -0.15) is 0 Å². The van der Waals surface area contributed by atoms with Crippen molar-refractivity contribution < 1.29 is 9.47 Å². The van der Waals surface area contributed by atoms with Gasteiger partial charge >= 0.3 is 0 Å². The molecule has 2 fully saturated rings. The molecule has 1 atom stereocenters. The lowest BCUT2D eigenvalue weighted by Gasteiger charge is -2.50. The minimum absolute atomic E-state index is 0.0148. The van der Waals surface area contributed by atoms with E-state index in [-0.39, 0.29) is 5.60 Å². The van der Waals surface area contributed by atoms with Crippen molar-refractivity contribution >= 4 is 0 Å². The molecule has 1 spiro atoms. The van der Waals surface area contributed by atoms with Gasteiger partial charge in [-0.3, -0.25) is 9.88 Å². The standard InChI is InChI=1S/C21H26N2O2/c1-17-4-2-3-5-19(17)12-23-15-21(16-23)20(8-11-25-21)14-24-13-18-6-9-22-10-7-18/h2-7,9-10,20H,8,11-16H2,1H3/t20-/m1/s1. The topological polar surface area (TPSA) is 34.6 Å². The second-order valence-corrected chi connectivity index (χ2v) is 7.34. The molecule has 0 radical (unpaired) electrons. The molecule has 0 saturated carbocycles. The van der Waals surface area contributed by atoms with Crippen molar-refractivity contribution in [1.29, 1.82) is 0 Å². The summed E-state index contributed by atoms with van der Waals surface area (Å²) < 4.78 is 12.1. The third kappa shape index (κ3) is 3.61. The number of aryl methyl sites for hydroxylation is 1. The lowest BCUT2D eigenvalue weighted by Crippen LogP contribution is -2.64. The van der Waals surface area contributed by atoms with Gasteiger partial charge in [-0.25, -0.2) is 0 Å². The number of benzene rings is 1. The molecular weight excluding hydrogens is 312 g/mol. The maximum Gasteiger partial charge on any atom is 0.0985 e. The van der Waals surface area contributed by atoms with Crippen LogP contribution in [0, 0.1) is 12.8 Å². The summed E-state index contributed by atoms with van der Waals surface area (Å²) in [5.74, 6) is 0.502. The summed E-state index contributed by atoms with van der Waals surface area (Å²) in [4.78, 5) is 6.53. The number of pyridine rings is 1. The van der Waals surface area contributed by atoms with Crippen LogP contribution < -0.4 is 0 Å². The summed E-state index contributed by atoms with van der Waals surface area (Å²) in [6.45, 7) is 7.54. The predicted molar refractivity (Wildman–Crippen MR) is 97.1 cm³/mol. The van der Waals surface area contributed by atoms with E-state index in [9.17, 15) is 0 Å². The first-order valence-corrected chi connectivity index (χ1v) is 9.13. The molecule has 2 saturated heterocycles. The van der Waals surface area contributed by atoms with Crippen LogP contribution in [0.5, 0.6) is 0 Å². The highest BCUT2D eigenvalue weighted by atomic mass is 16.5. The Morgan fingerprint density at radius 2 is 2.00 bits per heavy atom. The molecular formula is C21H26N2O2. The first-order chi connectivity index (χ1) is 12.3. The van der Waals surface area contributed by atoms with Gasteiger partial charge in [0.15, 0.2) is 0 Å². The van der Waals surface area contributed by atoms with Crippen LogP contribution in [-0.2, 0) is 22.6 Å². The zero-order chi connectivity index (χ0) is 17.1. The van der Waals surface area contributed by atoms with Crippen molar-refractivity contribution in [2.75, 3.05) is 26.3 Å². The Labute approximate surface area is 149 Å². The van der Waals surface area contributed by atoms with Gasteiger partial charge in [-0.15, -0.1) is 0 Å². The van der Waals surface area contributed by atoms with Gasteiger partial charge in [0, 0.05) is 44.6 Å². The van der Waals surface area contributed by atoms with Crippen LogP contribution in [-0.4, -0.2) is 41.8 Å². The fraction of sp³-hybridized carbons (Fsp3) is 0.476. The van der Waals surface area contributed by atoms with E-state index in [0.29, 0.717) is 12.5 Å². The molecule has 0 aliphatic carbocycles. The molecule has 2 aliphatic rings. The van der Waals surface area contributed by atoms with Crippen LogP contribution in [0.25, 0.3) is 0 Å². The monoisotopic (exact) mass is 338 g/mol. The highest BCUT2D eigenvalue weighted by molar-refractivity contribution is 5.26. The van der Waals surface area contributed by atoms with Crippen LogP contribution in [0.4, 0.5) is 0 Å². The minimum atomic E-state index is 0.0148. The van der Waals surface area contributed by atoms with Gasteiger partial charge < -0.3 is 9.47 Å². The molecule has 1 aromatic heterocycles. The van der Waals surface area contributed by atoms with Gasteiger partial charge in [-0.05, 0) is 42.2 Å². The van der Waals surface area contributed by atoms with E-state index in [1.807, 2.05) is 24.5 Å².